The summed E-state index contributed by atoms with van der Waals surface area (Å²) in [5.41, 5.74) is 4.22. The van der Waals surface area contributed by atoms with Gasteiger partial charge in [-0.05, 0) is 25.3 Å². The van der Waals surface area contributed by atoms with Crippen molar-refractivity contribution in [3.8, 4) is 0 Å². The van der Waals surface area contributed by atoms with Crippen LogP contribution < -0.4 is 4.90 Å². The molecule has 1 aromatic heterocycles. The molecule has 0 aliphatic carbocycles. The first kappa shape index (κ1) is 18.1. The van der Waals surface area contributed by atoms with E-state index in [4.69, 9.17) is 4.98 Å². The van der Waals surface area contributed by atoms with Gasteiger partial charge in [0.25, 0.3) is 0 Å². The summed E-state index contributed by atoms with van der Waals surface area (Å²) >= 11 is 0. The van der Waals surface area contributed by atoms with E-state index < -0.39 is 9.84 Å². The summed E-state index contributed by atoms with van der Waals surface area (Å²) in [7, 11) is -3.17. The fraction of sp³-hybridized carbons (Fsp3) is 0.524. The summed E-state index contributed by atoms with van der Waals surface area (Å²) in [6, 6.07) is 8.45. The van der Waals surface area contributed by atoms with Crippen molar-refractivity contribution < 1.29 is 8.42 Å². The zero-order valence-corrected chi connectivity index (χ0v) is 17.0. The Labute approximate surface area is 166 Å². The molecular formula is C21H26N4O2S. The van der Waals surface area contributed by atoms with Gasteiger partial charge in [0.05, 0.1) is 16.7 Å². The quantitative estimate of drug-likeness (QED) is 0.790. The van der Waals surface area contributed by atoms with E-state index >= 15 is 0 Å². The van der Waals surface area contributed by atoms with Crippen molar-refractivity contribution >= 4 is 15.8 Å². The average Bonchev–Trinajstić information content (AvgIpc) is 3.32. The van der Waals surface area contributed by atoms with E-state index in [0.29, 0.717) is 6.54 Å². The van der Waals surface area contributed by atoms with E-state index in [1.165, 1.54) is 24.0 Å². The SMILES string of the molecule is Cc1cccc(CN2C[C@@H]3c4nc(N5CCCC5)ncc4CS(=O)(=O)[C@@H]3C2)c1. The maximum absolute atomic E-state index is 12.9. The van der Waals surface area contributed by atoms with Gasteiger partial charge < -0.3 is 4.90 Å². The molecule has 28 heavy (non-hydrogen) atoms. The van der Waals surface area contributed by atoms with Crippen molar-refractivity contribution in [1.82, 2.24) is 14.9 Å². The normalized spacial score (nSPS) is 26.2. The lowest BCUT2D eigenvalue weighted by atomic mass is 10.00. The number of nitrogens with zero attached hydrogens (tertiary/aromatic N) is 4. The first-order chi connectivity index (χ1) is 13.5. The molecule has 2 saturated heterocycles. The molecular weight excluding hydrogens is 372 g/mol. The van der Waals surface area contributed by atoms with Gasteiger partial charge in [-0.2, -0.15) is 0 Å². The molecule has 7 heteroatoms. The third-order valence-electron chi connectivity index (χ3n) is 6.27. The Morgan fingerprint density at radius 1 is 1.18 bits per heavy atom. The van der Waals surface area contributed by atoms with Crippen LogP contribution in [-0.2, 0) is 22.1 Å². The molecule has 5 rings (SSSR count). The zero-order chi connectivity index (χ0) is 19.3. The third-order valence-corrected chi connectivity index (χ3v) is 8.39. The molecule has 2 atom stereocenters. The van der Waals surface area contributed by atoms with Crippen molar-refractivity contribution in [2.24, 2.45) is 0 Å². The van der Waals surface area contributed by atoms with Gasteiger partial charge in [-0.3, -0.25) is 4.90 Å². The fourth-order valence-electron chi connectivity index (χ4n) is 4.91. The van der Waals surface area contributed by atoms with Crippen LogP contribution in [0.5, 0.6) is 0 Å². The molecule has 3 aliphatic rings. The summed E-state index contributed by atoms with van der Waals surface area (Å²) in [4.78, 5) is 13.9. The number of likely N-dealkylation sites (tertiary alicyclic amines) is 1. The highest BCUT2D eigenvalue weighted by Gasteiger charge is 2.47. The van der Waals surface area contributed by atoms with Crippen LogP contribution in [0.1, 0.15) is 41.1 Å². The second-order valence-corrected chi connectivity index (χ2v) is 10.6. The lowest BCUT2D eigenvalue weighted by Crippen LogP contribution is -2.35. The predicted octanol–water partition coefficient (Wildman–Crippen LogP) is 2.28. The number of hydrogen-bond donors (Lipinski definition) is 0. The Morgan fingerprint density at radius 3 is 2.79 bits per heavy atom. The summed E-state index contributed by atoms with van der Waals surface area (Å²) in [5.74, 6) is 0.788. The summed E-state index contributed by atoms with van der Waals surface area (Å²) in [6.45, 7) is 6.18. The molecule has 2 fully saturated rings. The molecule has 0 N–H and O–H groups in total. The number of rotatable bonds is 3. The minimum Gasteiger partial charge on any atom is -0.341 e. The van der Waals surface area contributed by atoms with E-state index in [1.807, 2.05) is 0 Å². The third kappa shape index (κ3) is 3.20. The van der Waals surface area contributed by atoms with Crippen LogP contribution >= 0.6 is 0 Å². The predicted molar refractivity (Wildman–Crippen MR) is 109 cm³/mol. The molecule has 0 amide bonds. The minimum absolute atomic E-state index is 0.0529. The Bertz CT molecular complexity index is 1000. The van der Waals surface area contributed by atoms with Crippen LogP contribution in [0.4, 0.5) is 5.95 Å². The highest BCUT2D eigenvalue weighted by molar-refractivity contribution is 7.91. The van der Waals surface area contributed by atoms with Gasteiger partial charge in [0.15, 0.2) is 9.84 Å². The van der Waals surface area contributed by atoms with Crippen LogP contribution in [0.3, 0.4) is 0 Å². The minimum atomic E-state index is -3.17. The monoisotopic (exact) mass is 398 g/mol. The number of benzene rings is 1. The number of anilines is 1. The number of sulfone groups is 1. The molecule has 6 nitrogen and oxygen atoms in total. The number of fused-ring (bicyclic) bond motifs is 3. The summed E-state index contributed by atoms with van der Waals surface area (Å²) in [6.07, 6.45) is 4.10. The summed E-state index contributed by atoms with van der Waals surface area (Å²) in [5, 5.41) is -0.355. The number of aromatic nitrogens is 2. The fourth-order valence-corrected chi connectivity index (χ4v) is 6.94. The molecule has 148 valence electrons. The van der Waals surface area contributed by atoms with Gasteiger partial charge >= 0.3 is 0 Å². The maximum Gasteiger partial charge on any atom is 0.225 e. The van der Waals surface area contributed by atoms with E-state index in [0.717, 1.165) is 43.4 Å². The van der Waals surface area contributed by atoms with Crippen molar-refractivity contribution in [3.63, 3.8) is 0 Å². The lowest BCUT2D eigenvalue weighted by molar-refractivity contribution is 0.326. The largest absolute Gasteiger partial charge is 0.341 e. The molecule has 0 saturated carbocycles. The van der Waals surface area contributed by atoms with Gasteiger partial charge in [-0.15, -0.1) is 0 Å². The Balaban J connectivity index is 1.45. The number of hydrogen-bond acceptors (Lipinski definition) is 6. The standard InChI is InChI=1S/C21H26N4O2S/c1-15-5-4-6-16(9-15)11-24-12-18-19(13-24)28(26,27)14-17-10-22-21(23-20(17)18)25-7-2-3-8-25/h4-6,9-10,18-19H,2-3,7-8,11-14H2,1H3/t18-,19+/m0/s1. The highest BCUT2D eigenvalue weighted by atomic mass is 32.2. The molecule has 0 spiro atoms. The first-order valence-corrected chi connectivity index (χ1v) is 11.8. The molecule has 1 aromatic carbocycles. The Kier molecular flexibility index (Phi) is 4.39. The second-order valence-electron chi connectivity index (χ2n) is 8.41. The van der Waals surface area contributed by atoms with E-state index in [-0.39, 0.29) is 16.9 Å². The molecule has 0 radical (unpaired) electrons. The Morgan fingerprint density at radius 2 is 2.00 bits per heavy atom. The van der Waals surface area contributed by atoms with Crippen LogP contribution in [0.2, 0.25) is 0 Å². The van der Waals surface area contributed by atoms with Crippen LogP contribution in [0, 0.1) is 6.92 Å². The number of aryl methyl sites for hydroxylation is 1. The summed E-state index contributed by atoms with van der Waals surface area (Å²) < 4.78 is 25.9. The maximum atomic E-state index is 12.9. The molecule has 2 aromatic rings. The molecule has 4 heterocycles. The van der Waals surface area contributed by atoms with Crippen LogP contribution in [0.25, 0.3) is 0 Å². The Hall–Kier alpha value is -1.99. The molecule has 3 aliphatic heterocycles. The van der Waals surface area contributed by atoms with Crippen molar-refractivity contribution in [1.29, 1.82) is 0 Å². The topological polar surface area (TPSA) is 66.4 Å². The highest BCUT2D eigenvalue weighted by Crippen LogP contribution is 2.40. The van der Waals surface area contributed by atoms with Gasteiger partial charge in [-0.1, -0.05) is 29.8 Å². The van der Waals surface area contributed by atoms with E-state index in [9.17, 15) is 8.42 Å². The van der Waals surface area contributed by atoms with Gasteiger partial charge in [0, 0.05) is 50.4 Å². The van der Waals surface area contributed by atoms with E-state index in [2.05, 4.69) is 46.0 Å². The average molecular weight is 399 g/mol. The zero-order valence-electron chi connectivity index (χ0n) is 16.2. The van der Waals surface area contributed by atoms with Crippen LogP contribution in [0.15, 0.2) is 30.5 Å². The molecule has 0 bridgehead atoms. The van der Waals surface area contributed by atoms with Gasteiger partial charge in [-0.25, -0.2) is 18.4 Å². The van der Waals surface area contributed by atoms with Crippen molar-refractivity contribution in [3.05, 3.63) is 52.8 Å². The van der Waals surface area contributed by atoms with Gasteiger partial charge in [0.2, 0.25) is 5.95 Å². The van der Waals surface area contributed by atoms with Crippen LogP contribution in [-0.4, -0.2) is 54.7 Å². The van der Waals surface area contributed by atoms with E-state index in [1.54, 1.807) is 6.20 Å². The molecule has 0 unspecified atom stereocenters. The first-order valence-electron chi connectivity index (χ1n) is 10.1. The smallest absolute Gasteiger partial charge is 0.225 e. The lowest BCUT2D eigenvalue weighted by Gasteiger charge is -2.27. The van der Waals surface area contributed by atoms with Gasteiger partial charge in [0.1, 0.15) is 0 Å². The van der Waals surface area contributed by atoms with Crippen molar-refractivity contribution in [2.45, 2.75) is 43.2 Å². The van der Waals surface area contributed by atoms with Crippen molar-refractivity contribution in [2.75, 3.05) is 31.1 Å². The second kappa shape index (κ2) is 6.81.